The van der Waals surface area contributed by atoms with Gasteiger partial charge >= 0.3 is 6.09 Å². The van der Waals surface area contributed by atoms with Gasteiger partial charge in [0, 0.05) is 25.8 Å². The SMILES string of the molecule is CC(C)(C)OC(=O)N1CCN2c3ncccc3CC2C1. The first-order valence-electron chi connectivity index (χ1n) is 7.12. The van der Waals surface area contributed by atoms with E-state index in [1.807, 2.05) is 37.9 Å². The molecule has 108 valence electrons. The second kappa shape index (κ2) is 4.65. The standard InChI is InChI=1S/C15H21N3O2/c1-15(2,3)20-14(19)17-7-8-18-12(10-17)9-11-5-4-6-16-13(11)18/h4-6,12H,7-10H2,1-3H3. The maximum Gasteiger partial charge on any atom is 0.410 e. The molecule has 1 fully saturated rings. The van der Waals surface area contributed by atoms with Crippen LogP contribution in [0.1, 0.15) is 26.3 Å². The fourth-order valence-electron chi connectivity index (χ4n) is 2.90. The van der Waals surface area contributed by atoms with Crippen LogP contribution in [-0.4, -0.2) is 47.3 Å². The van der Waals surface area contributed by atoms with Crippen molar-refractivity contribution < 1.29 is 9.53 Å². The monoisotopic (exact) mass is 275 g/mol. The first-order chi connectivity index (χ1) is 9.44. The van der Waals surface area contributed by atoms with Gasteiger partial charge in [0.2, 0.25) is 0 Å². The number of fused-ring (bicyclic) bond motifs is 3. The van der Waals surface area contributed by atoms with Crippen LogP contribution in [0.4, 0.5) is 10.6 Å². The summed E-state index contributed by atoms with van der Waals surface area (Å²) in [5.74, 6) is 1.08. The van der Waals surface area contributed by atoms with Crippen molar-refractivity contribution in [3.63, 3.8) is 0 Å². The maximum absolute atomic E-state index is 12.1. The molecule has 0 radical (unpaired) electrons. The van der Waals surface area contributed by atoms with E-state index in [1.54, 1.807) is 0 Å². The molecule has 1 aromatic heterocycles. The lowest BCUT2D eigenvalue weighted by molar-refractivity contribution is 0.0217. The van der Waals surface area contributed by atoms with Crippen LogP contribution < -0.4 is 4.90 Å². The number of piperazine rings is 1. The van der Waals surface area contributed by atoms with Gasteiger partial charge in [-0.25, -0.2) is 9.78 Å². The van der Waals surface area contributed by atoms with E-state index in [1.165, 1.54) is 5.56 Å². The van der Waals surface area contributed by atoms with Crippen LogP contribution in [0.2, 0.25) is 0 Å². The summed E-state index contributed by atoms with van der Waals surface area (Å²) >= 11 is 0. The van der Waals surface area contributed by atoms with E-state index in [2.05, 4.69) is 16.0 Å². The molecule has 0 spiro atoms. The number of nitrogens with zero attached hydrogens (tertiary/aromatic N) is 3. The Balaban J connectivity index is 1.68. The van der Waals surface area contributed by atoms with E-state index in [0.717, 1.165) is 18.8 Å². The van der Waals surface area contributed by atoms with Crippen LogP contribution >= 0.6 is 0 Å². The molecule has 3 rings (SSSR count). The molecule has 1 aromatic rings. The highest BCUT2D eigenvalue weighted by Gasteiger charge is 2.37. The highest BCUT2D eigenvalue weighted by atomic mass is 16.6. The number of pyridine rings is 1. The molecular weight excluding hydrogens is 254 g/mol. The van der Waals surface area contributed by atoms with E-state index in [9.17, 15) is 4.79 Å². The molecule has 1 unspecified atom stereocenters. The van der Waals surface area contributed by atoms with Crippen LogP contribution in [0.5, 0.6) is 0 Å². The molecule has 1 saturated heterocycles. The molecule has 5 heteroatoms. The van der Waals surface area contributed by atoms with Gasteiger partial charge in [0.15, 0.2) is 0 Å². The van der Waals surface area contributed by atoms with Gasteiger partial charge in [-0.05, 0) is 38.8 Å². The minimum absolute atomic E-state index is 0.207. The Morgan fingerprint density at radius 3 is 2.95 bits per heavy atom. The number of hydrogen-bond acceptors (Lipinski definition) is 4. The number of aromatic nitrogens is 1. The summed E-state index contributed by atoms with van der Waals surface area (Å²) in [7, 11) is 0. The number of amides is 1. The number of rotatable bonds is 0. The summed E-state index contributed by atoms with van der Waals surface area (Å²) in [5.41, 5.74) is 0.845. The molecule has 0 saturated carbocycles. The Morgan fingerprint density at radius 1 is 1.40 bits per heavy atom. The molecule has 0 N–H and O–H groups in total. The average Bonchev–Trinajstić information content (AvgIpc) is 2.74. The van der Waals surface area contributed by atoms with E-state index < -0.39 is 5.60 Å². The third-order valence-corrected chi connectivity index (χ3v) is 3.73. The van der Waals surface area contributed by atoms with Crippen molar-refractivity contribution in [1.29, 1.82) is 0 Å². The van der Waals surface area contributed by atoms with E-state index in [0.29, 0.717) is 19.1 Å². The third-order valence-electron chi connectivity index (χ3n) is 3.73. The second-order valence-corrected chi connectivity index (χ2v) is 6.46. The summed E-state index contributed by atoms with van der Waals surface area (Å²) in [6, 6.07) is 4.43. The van der Waals surface area contributed by atoms with Crippen molar-refractivity contribution in [3.8, 4) is 0 Å². The average molecular weight is 275 g/mol. The summed E-state index contributed by atoms with van der Waals surface area (Å²) in [5, 5.41) is 0. The van der Waals surface area contributed by atoms with Crippen molar-refractivity contribution in [3.05, 3.63) is 23.9 Å². The van der Waals surface area contributed by atoms with Gasteiger partial charge in [-0.1, -0.05) is 6.07 Å². The van der Waals surface area contributed by atoms with Crippen molar-refractivity contribution in [2.24, 2.45) is 0 Å². The first kappa shape index (κ1) is 13.2. The molecule has 0 aliphatic carbocycles. The first-order valence-corrected chi connectivity index (χ1v) is 7.12. The lowest BCUT2D eigenvalue weighted by atomic mass is 10.1. The van der Waals surface area contributed by atoms with Crippen LogP contribution in [0, 0.1) is 0 Å². The van der Waals surface area contributed by atoms with E-state index in [-0.39, 0.29) is 6.09 Å². The molecule has 5 nitrogen and oxygen atoms in total. The summed E-state index contributed by atoms with van der Waals surface area (Å²) in [4.78, 5) is 20.7. The van der Waals surface area contributed by atoms with Gasteiger partial charge in [0.1, 0.15) is 11.4 Å². The Kier molecular flexibility index (Phi) is 3.07. The third kappa shape index (κ3) is 2.44. The zero-order chi connectivity index (χ0) is 14.3. The van der Waals surface area contributed by atoms with Gasteiger partial charge in [0.05, 0.1) is 6.04 Å². The Hall–Kier alpha value is -1.78. The predicted octanol–water partition coefficient (Wildman–Crippen LogP) is 2.06. The molecular formula is C15H21N3O2. The number of anilines is 1. The highest BCUT2D eigenvalue weighted by molar-refractivity contribution is 5.69. The largest absolute Gasteiger partial charge is 0.444 e. The van der Waals surface area contributed by atoms with Crippen LogP contribution in [0.15, 0.2) is 18.3 Å². The molecule has 2 aliphatic heterocycles. The molecule has 20 heavy (non-hydrogen) atoms. The normalized spacial score (nSPS) is 21.4. The van der Waals surface area contributed by atoms with Crippen molar-refractivity contribution in [2.45, 2.75) is 38.8 Å². The van der Waals surface area contributed by atoms with Crippen LogP contribution in [-0.2, 0) is 11.2 Å². The molecule has 0 aromatic carbocycles. The van der Waals surface area contributed by atoms with Gasteiger partial charge in [0.25, 0.3) is 0 Å². The fraction of sp³-hybridized carbons (Fsp3) is 0.600. The number of ether oxygens (including phenoxy) is 1. The summed E-state index contributed by atoms with van der Waals surface area (Å²) in [6.07, 6.45) is 2.59. The number of carbonyl (C=O) groups excluding carboxylic acids is 1. The van der Waals surface area contributed by atoms with E-state index in [4.69, 9.17) is 4.74 Å². The summed E-state index contributed by atoms with van der Waals surface area (Å²) in [6.45, 7) is 7.93. The Morgan fingerprint density at radius 2 is 2.20 bits per heavy atom. The minimum Gasteiger partial charge on any atom is -0.444 e. The van der Waals surface area contributed by atoms with Crippen molar-refractivity contribution >= 4 is 11.9 Å². The van der Waals surface area contributed by atoms with Crippen LogP contribution in [0.3, 0.4) is 0 Å². The number of hydrogen-bond donors (Lipinski definition) is 0. The minimum atomic E-state index is -0.436. The molecule has 1 amide bonds. The Bertz CT molecular complexity index is 524. The Labute approximate surface area is 119 Å². The lowest BCUT2D eigenvalue weighted by Crippen LogP contribution is -2.54. The molecule has 3 heterocycles. The zero-order valence-electron chi connectivity index (χ0n) is 12.3. The molecule has 2 aliphatic rings. The zero-order valence-corrected chi connectivity index (χ0v) is 12.3. The lowest BCUT2D eigenvalue weighted by Gasteiger charge is -2.38. The molecule has 1 atom stereocenters. The topological polar surface area (TPSA) is 45.7 Å². The van der Waals surface area contributed by atoms with Gasteiger partial charge in [-0.3, -0.25) is 0 Å². The molecule has 0 bridgehead atoms. The number of carbonyl (C=O) groups is 1. The van der Waals surface area contributed by atoms with E-state index >= 15 is 0 Å². The van der Waals surface area contributed by atoms with Gasteiger partial charge < -0.3 is 14.5 Å². The smallest absolute Gasteiger partial charge is 0.410 e. The fourth-order valence-corrected chi connectivity index (χ4v) is 2.90. The van der Waals surface area contributed by atoms with Crippen LogP contribution in [0.25, 0.3) is 0 Å². The van der Waals surface area contributed by atoms with Crippen molar-refractivity contribution in [1.82, 2.24) is 9.88 Å². The van der Waals surface area contributed by atoms with Gasteiger partial charge in [-0.15, -0.1) is 0 Å². The quantitative estimate of drug-likeness (QED) is 0.727. The van der Waals surface area contributed by atoms with Crippen molar-refractivity contribution in [2.75, 3.05) is 24.5 Å². The highest BCUT2D eigenvalue weighted by Crippen LogP contribution is 2.32. The summed E-state index contributed by atoms with van der Waals surface area (Å²) < 4.78 is 5.46. The predicted molar refractivity (Wildman–Crippen MR) is 76.9 cm³/mol. The van der Waals surface area contributed by atoms with Gasteiger partial charge in [-0.2, -0.15) is 0 Å². The maximum atomic E-state index is 12.1. The second-order valence-electron chi connectivity index (χ2n) is 6.46.